The third-order valence-electron chi connectivity index (χ3n) is 6.11. The van der Waals surface area contributed by atoms with E-state index in [0.717, 1.165) is 61.0 Å². The molecule has 0 amide bonds. The van der Waals surface area contributed by atoms with Crippen molar-refractivity contribution in [3.8, 4) is 11.1 Å². The number of nitrogens with one attached hydrogen (secondary N) is 2. The van der Waals surface area contributed by atoms with Crippen molar-refractivity contribution < 1.29 is 0 Å². The molecule has 3 aromatic heterocycles. The van der Waals surface area contributed by atoms with Gasteiger partial charge in [0, 0.05) is 36.6 Å². The Labute approximate surface area is 195 Å². The third kappa shape index (κ3) is 3.19. The summed E-state index contributed by atoms with van der Waals surface area (Å²) in [4.78, 5) is 22.7. The highest BCUT2D eigenvalue weighted by molar-refractivity contribution is 6.03. The number of benzene rings is 3. The molecule has 6 rings (SSSR count). The molecule has 2 N–H and O–H groups in total. The van der Waals surface area contributed by atoms with Gasteiger partial charge in [-0.25, -0.2) is 24.9 Å². The molecule has 0 fully saturated rings. The van der Waals surface area contributed by atoms with E-state index in [2.05, 4.69) is 72.8 Å². The van der Waals surface area contributed by atoms with Gasteiger partial charge in [0.25, 0.3) is 0 Å². The van der Waals surface area contributed by atoms with Crippen molar-refractivity contribution in [3.05, 3.63) is 72.9 Å². The highest BCUT2D eigenvalue weighted by atomic mass is 15.1. The minimum Gasteiger partial charge on any atom is -0.357 e. The Bertz CT molecular complexity index is 1700. The zero-order chi connectivity index (χ0) is 23.2. The lowest BCUT2D eigenvalue weighted by Gasteiger charge is -2.14. The first-order valence-electron chi connectivity index (χ1n) is 11.0. The van der Waals surface area contributed by atoms with Crippen molar-refractivity contribution in [2.45, 2.75) is 6.92 Å². The zero-order valence-electron chi connectivity index (χ0n) is 19.0. The van der Waals surface area contributed by atoms with Crippen LogP contribution in [0, 0.1) is 6.92 Å². The van der Waals surface area contributed by atoms with Crippen LogP contribution in [0.15, 0.2) is 67.4 Å². The number of hydrogen-bond donors (Lipinski definition) is 2. The fourth-order valence-corrected chi connectivity index (χ4v) is 4.39. The molecule has 0 bridgehead atoms. The molecule has 8 nitrogen and oxygen atoms in total. The van der Waals surface area contributed by atoms with Crippen molar-refractivity contribution in [2.75, 3.05) is 17.7 Å². The Balaban J connectivity index is 1.50. The van der Waals surface area contributed by atoms with Gasteiger partial charge < -0.3 is 15.2 Å². The molecule has 0 saturated heterocycles. The van der Waals surface area contributed by atoms with Gasteiger partial charge in [-0.05, 0) is 48.4 Å². The zero-order valence-corrected chi connectivity index (χ0v) is 19.0. The molecule has 8 heteroatoms. The van der Waals surface area contributed by atoms with Crippen LogP contribution < -0.4 is 10.6 Å². The Morgan fingerprint density at radius 1 is 0.912 bits per heavy atom. The summed E-state index contributed by atoms with van der Waals surface area (Å²) in [7, 11) is 3.80. The summed E-state index contributed by atoms with van der Waals surface area (Å²) in [5.41, 5.74) is 7.91. The van der Waals surface area contributed by atoms with E-state index in [1.807, 2.05) is 49.4 Å². The Kier molecular flexibility index (Phi) is 4.58. The fraction of sp³-hybridized carbons (Fsp3) is 0.115. The van der Waals surface area contributed by atoms with E-state index < -0.39 is 0 Å². The topological polar surface area (TPSA) is 93.4 Å². The number of fused-ring (bicyclic) bond motifs is 3. The van der Waals surface area contributed by atoms with Gasteiger partial charge in [-0.1, -0.05) is 18.2 Å². The summed E-state index contributed by atoms with van der Waals surface area (Å²) >= 11 is 0. The molecule has 34 heavy (non-hydrogen) atoms. The molecule has 0 unspecified atom stereocenters. The molecule has 3 aromatic carbocycles. The predicted molar refractivity (Wildman–Crippen MR) is 136 cm³/mol. The van der Waals surface area contributed by atoms with E-state index in [1.54, 1.807) is 6.33 Å². The maximum Gasteiger partial charge on any atom is 0.222 e. The van der Waals surface area contributed by atoms with Crippen LogP contribution in [0.4, 0.5) is 17.5 Å². The van der Waals surface area contributed by atoms with E-state index in [1.165, 1.54) is 0 Å². The number of hydrogen-bond acceptors (Lipinski definition) is 7. The Hall–Kier alpha value is -4.59. The van der Waals surface area contributed by atoms with Crippen LogP contribution in [0.3, 0.4) is 0 Å². The standard InChI is InChI=1S/C26H22N8/c1-15-7-9-18-23(22(15)16-8-10-19-17(11-16)12-28-26(27-2)33-19)29-13-30-25(18)32-20-5-4-6-21-24(20)31-14-34(21)3/h4-14H,1-3H3,(H,27,28,33)(H,29,30,32). The molecular weight excluding hydrogens is 424 g/mol. The Morgan fingerprint density at radius 2 is 1.82 bits per heavy atom. The van der Waals surface area contributed by atoms with Crippen LogP contribution in [-0.4, -0.2) is 36.5 Å². The van der Waals surface area contributed by atoms with Gasteiger partial charge in [0.15, 0.2) is 0 Å². The van der Waals surface area contributed by atoms with Gasteiger partial charge in [0.2, 0.25) is 5.95 Å². The number of imidazole rings is 1. The molecule has 3 heterocycles. The molecule has 0 atom stereocenters. The summed E-state index contributed by atoms with van der Waals surface area (Å²) in [5.74, 6) is 1.35. The molecule has 0 saturated carbocycles. The lowest BCUT2D eigenvalue weighted by Crippen LogP contribution is -1.99. The number of aryl methyl sites for hydroxylation is 2. The average Bonchev–Trinajstić information content (AvgIpc) is 3.25. The molecule has 0 spiro atoms. The number of aromatic nitrogens is 6. The minimum atomic E-state index is 0.605. The molecule has 6 aromatic rings. The van der Waals surface area contributed by atoms with E-state index in [4.69, 9.17) is 0 Å². The highest BCUT2D eigenvalue weighted by Crippen LogP contribution is 2.35. The van der Waals surface area contributed by atoms with Crippen LogP contribution in [0.25, 0.3) is 44.0 Å². The fourth-order valence-electron chi connectivity index (χ4n) is 4.39. The lowest BCUT2D eigenvalue weighted by molar-refractivity contribution is 0.948. The van der Waals surface area contributed by atoms with Crippen molar-refractivity contribution in [2.24, 2.45) is 7.05 Å². The number of nitrogens with zero attached hydrogens (tertiary/aromatic N) is 6. The highest BCUT2D eigenvalue weighted by Gasteiger charge is 2.14. The first-order valence-corrected chi connectivity index (χ1v) is 11.0. The van der Waals surface area contributed by atoms with E-state index in [9.17, 15) is 0 Å². The lowest BCUT2D eigenvalue weighted by atomic mass is 9.96. The second-order valence-electron chi connectivity index (χ2n) is 8.25. The number of para-hydroxylation sites is 1. The predicted octanol–water partition coefficient (Wildman–Crippen LogP) is 5.22. The maximum absolute atomic E-state index is 4.68. The van der Waals surface area contributed by atoms with Crippen molar-refractivity contribution in [1.82, 2.24) is 29.5 Å². The van der Waals surface area contributed by atoms with Crippen LogP contribution >= 0.6 is 0 Å². The van der Waals surface area contributed by atoms with Gasteiger partial charge >= 0.3 is 0 Å². The first-order chi connectivity index (χ1) is 16.6. The molecular formula is C26H22N8. The summed E-state index contributed by atoms with van der Waals surface area (Å²) < 4.78 is 2.00. The minimum absolute atomic E-state index is 0.605. The van der Waals surface area contributed by atoms with Crippen LogP contribution in [0.2, 0.25) is 0 Å². The summed E-state index contributed by atoms with van der Waals surface area (Å²) in [6, 6.07) is 16.5. The second-order valence-corrected chi connectivity index (χ2v) is 8.25. The second kappa shape index (κ2) is 7.77. The maximum atomic E-state index is 4.68. The summed E-state index contributed by atoms with van der Waals surface area (Å²) in [6.07, 6.45) is 5.27. The SMILES string of the molecule is CNc1ncc2cc(-c3c(C)ccc4c(Nc5cccc6c5ncn6C)ncnc34)ccc2n1. The largest absolute Gasteiger partial charge is 0.357 e. The molecule has 166 valence electrons. The van der Waals surface area contributed by atoms with Gasteiger partial charge in [0.05, 0.1) is 28.6 Å². The van der Waals surface area contributed by atoms with E-state index >= 15 is 0 Å². The van der Waals surface area contributed by atoms with Crippen molar-refractivity contribution in [3.63, 3.8) is 0 Å². The first kappa shape index (κ1) is 20.0. The van der Waals surface area contributed by atoms with Crippen LogP contribution in [0.1, 0.15) is 5.56 Å². The van der Waals surface area contributed by atoms with Crippen molar-refractivity contribution in [1.29, 1.82) is 0 Å². The summed E-state index contributed by atoms with van der Waals surface area (Å²) in [6.45, 7) is 2.10. The number of rotatable bonds is 4. The quantitative estimate of drug-likeness (QED) is 0.383. The summed E-state index contributed by atoms with van der Waals surface area (Å²) in [5, 5.41) is 8.39. The van der Waals surface area contributed by atoms with Crippen molar-refractivity contribution >= 4 is 50.3 Å². The molecule has 0 aliphatic rings. The van der Waals surface area contributed by atoms with E-state index in [-0.39, 0.29) is 0 Å². The van der Waals surface area contributed by atoms with Crippen LogP contribution in [0.5, 0.6) is 0 Å². The van der Waals surface area contributed by atoms with Gasteiger partial charge in [-0.3, -0.25) is 0 Å². The number of anilines is 3. The Morgan fingerprint density at radius 3 is 2.71 bits per heavy atom. The molecule has 0 aliphatic carbocycles. The van der Waals surface area contributed by atoms with Gasteiger partial charge in [-0.2, -0.15) is 0 Å². The average molecular weight is 447 g/mol. The smallest absolute Gasteiger partial charge is 0.222 e. The van der Waals surface area contributed by atoms with Gasteiger partial charge in [-0.15, -0.1) is 0 Å². The van der Waals surface area contributed by atoms with Gasteiger partial charge in [0.1, 0.15) is 17.7 Å². The van der Waals surface area contributed by atoms with Crippen LogP contribution in [-0.2, 0) is 7.05 Å². The molecule has 0 radical (unpaired) electrons. The molecule has 0 aliphatic heterocycles. The van der Waals surface area contributed by atoms with E-state index in [0.29, 0.717) is 5.95 Å². The third-order valence-corrected chi connectivity index (χ3v) is 6.11. The monoisotopic (exact) mass is 446 g/mol. The normalized spacial score (nSPS) is 11.4.